The van der Waals surface area contributed by atoms with Crippen molar-refractivity contribution in [1.82, 2.24) is 14.8 Å². The fourth-order valence-corrected chi connectivity index (χ4v) is 3.58. The molecule has 0 radical (unpaired) electrons. The Labute approximate surface area is 171 Å². The van der Waals surface area contributed by atoms with Crippen LogP contribution in [0.3, 0.4) is 0 Å². The van der Waals surface area contributed by atoms with Crippen LogP contribution in [0.25, 0.3) is 11.4 Å². The van der Waals surface area contributed by atoms with Crippen LogP contribution in [-0.4, -0.2) is 33.0 Å². The van der Waals surface area contributed by atoms with Crippen molar-refractivity contribution in [3.63, 3.8) is 0 Å². The van der Waals surface area contributed by atoms with Crippen molar-refractivity contribution in [1.29, 1.82) is 0 Å². The van der Waals surface area contributed by atoms with Gasteiger partial charge in [0.25, 0.3) is 0 Å². The van der Waals surface area contributed by atoms with Crippen LogP contribution in [0.1, 0.15) is 13.8 Å². The van der Waals surface area contributed by atoms with Crippen LogP contribution in [0.15, 0.2) is 47.6 Å². The molecule has 3 rings (SSSR count). The molecule has 0 unspecified atom stereocenters. The van der Waals surface area contributed by atoms with Gasteiger partial charge in [0.2, 0.25) is 5.91 Å². The fourth-order valence-electron chi connectivity index (χ4n) is 2.67. The minimum absolute atomic E-state index is 0.458. The number of nitrogens with one attached hydrogen (secondary N) is 1. The Balaban J connectivity index is 1.77. The smallest absolute Gasteiger partial charge is 0.237 e. The van der Waals surface area contributed by atoms with E-state index in [0.717, 1.165) is 35.2 Å². The number of carbonyl (C=O) groups is 1. The normalized spacial score (nSPS) is 11.9. The summed E-state index contributed by atoms with van der Waals surface area (Å²) in [7, 11) is 1.60. The second-order valence-corrected chi connectivity index (χ2v) is 7.43. The van der Waals surface area contributed by atoms with Crippen molar-refractivity contribution in [2.24, 2.45) is 0 Å². The molecule has 1 heterocycles. The predicted octanol–water partition coefficient (Wildman–Crippen LogP) is 4.37. The number of hydrogen-bond acceptors (Lipinski definition) is 5. The number of carbonyl (C=O) groups excluding carboxylic acids is 1. The highest BCUT2D eigenvalue weighted by atomic mass is 32.2. The van der Waals surface area contributed by atoms with Gasteiger partial charge in [-0.2, -0.15) is 0 Å². The van der Waals surface area contributed by atoms with Gasteiger partial charge in [0.05, 0.1) is 12.4 Å². The maximum absolute atomic E-state index is 13.8. The zero-order chi connectivity index (χ0) is 21.0. The molecule has 1 atom stereocenters. The Morgan fingerprint density at radius 3 is 2.41 bits per heavy atom. The van der Waals surface area contributed by atoms with Crippen LogP contribution in [0.2, 0.25) is 0 Å². The van der Waals surface area contributed by atoms with E-state index in [1.54, 1.807) is 14.0 Å². The number of benzene rings is 2. The number of anilines is 1. The minimum atomic E-state index is -0.825. The lowest BCUT2D eigenvalue weighted by Gasteiger charge is -2.13. The highest BCUT2D eigenvalue weighted by Crippen LogP contribution is 2.28. The fraction of sp³-hybridized carbons (Fsp3) is 0.250. The summed E-state index contributed by atoms with van der Waals surface area (Å²) < 4.78 is 34.6. The van der Waals surface area contributed by atoms with E-state index in [0.29, 0.717) is 17.5 Å². The lowest BCUT2D eigenvalue weighted by Crippen LogP contribution is -2.24. The average molecular weight is 418 g/mol. The largest absolute Gasteiger partial charge is 0.497 e. The van der Waals surface area contributed by atoms with Gasteiger partial charge in [-0.15, -0.1) is 10.2 Å². The monoisotopic (exact) mass is 418 g/mol. The Bertz CT molecular complexity index is 988. The van der Waals surface area contributed by atoms with Gasteiger partial charge < -0.3 is 14.6 Å². The molecular formula is C20H20F2N4O2S. The van der Waals surface area contributed by atoms with Crippen molar-refractivity contribution < 1.29 is 18.3 Å². The molecule has 0 spiro atoms. The molecular weight excluding hydrogens is 398 g/mol. The number of aromatic nitrogens is 3. The van der Waals surface area contributed by atoms with Crippen molar-refractivity contribution in [3.8, 4) is 17.1 Å². The Morgan fingerprint density at radius 2 is 1.83 bits per heavy atom. The summed E-state index contributed by atoms with van der Waals surface area (Å²) in [5.74, 6) is -0.791. The third-order valence-electron chi connectivity index (χ3n) is 4.24. The van der Waals surface area contributed by atoms with Crippen molar-refractivity contribution in [2.75, 3.05) is 12.4 Å². The van der Waals surface area contributed by atoms with Crippen molar-refractivity contribution >= 4 is 23.4 Å². The quantitative estimate of drug-likeness (QED) is 0.577. The SMILES string of the molecule is CCn1c(S[C@H](C)C(=O)Nc2c(F)cccc2F)nnc1-c1ccc(OC)cc1. The van der Waals surface area contributed by atoms with E-state index < -0.39 is 28.5 Å². The second kappa shape index (κ2) is 9.04. The molecule has 2 aromatic carbocycles. The van der Waals surface area contributed by atoms with Gasteiger partial charge >= 0.3 is 0 Å². The molecule has 152 valence electrons. The van der Waals surface area contributed by atoms with Crippen molar-refractivity contribution in [3.05, 3.63) is 54.1 Å². The van der Waals surface area contributed by atoms with Crippen LogP contribution in [0.4, 0.5) is 14.5 Å². The Kier molecular flexibility index (Phi) is 6.48. The first-order chi connectivity index (χ1) is 13.9. The van der Waals surface area contributed by atoms with Gasteiger partial charge in [-0.05, 0) is 50.2 Å². The van der Waals surface area contributed by atoms with Gasteiger partial charge in [0, 0.05) is 12.1 Å². The molecule has 1 amide bonds. The minimum Gasteiger partial charge on any atom is -0.497 e. The summed E-state index contributed by atoms with van der Waals surface area (Å²) in [6.45, 7) is 4.17. The van der Waals surface area contributed by atoms with E-state index in [1.165, 1.54) is 6.07 Å². The van der Waals surface area contributed by atoms with Crippen LogP contribution in [0, 0.1) is 11.6 Å². The van der Waals surface area contributed by atoms with Crippen LogP contribution < -0.4 is 10.1 Å². The predicted molar refractivity (Wildman–Crippen MR) is 108 cm³/mol. The van der Waals surface area contributed by atoms with E-state index in [2.05, 4.69) is 15.5 Å². The highest BCUT2D eigenvalue weighted by Gasteiger charge is 2.22. The molecule has 9 heteroatoms. The van der Waals surface area contributed by atoms with Crippen LogP contribution >= 0.6 is 11.8 Å². The van der Waals surface area contributed by atoms with E-state index >= 15 is 0 Å². The number of para-hydroxylation sites is 1. The summed E-state index contributed by atoms with van der Waals surface area (Å²) in [4.78, 5) is 12.4. The zero-order valence-electron chi connectivity index (χ0n) is 16.1. The molecule has 0 saturated carbocycles. The summed E-state index contributed by atoms with van der Waals surface area (Å²) >= 11 is 1.16. The first-order valence-corrected chi connectivity index (χ1v) is 9.81. The number of thioether (sulfide) groups is 1. The molecule has 6 nitrogen and oxygen atoms in total. The molecule has 0 aliphatic heterocycles. The van der Waals surface area contributed by atoms with Gasteiger partial charge in [-0.1, -0.05) is 17.8 Å². The van der Waals surface area contributed by atoms with Gasteiger partial charge in [0.15, 0.2) is 11.0 Å². The van der Waals surface area contributed by atoms with E-state index in [1.807, 2.05) is 35.8 Å². The topological polar surface area (TPSA) is 69.0 Å². The van der Waals surface area contributed by atoms with Crippen LogP contribution in [-0.2, 0) is 11.3 Å². The zero-order valence-corrected chi connectivity index (χ0v) is 17.0. The molecule has 0 saturated heterocycles. The number of methoxy groups -OCH3 is 1. The van der Waals surface area contributed by atoms with Gasteiger partial charge in [-0.25, -0.2) is 8.78 Å². The lowest BCUT2D eigenvalue weighted by molar-refractivity contribution is -0.115. The number of rotatable bonds is 7. The highest BCUT2D eigenvalue weighted by molar-refractivity contribution is 8.00. The first-order valence-electron chi connectivity index (χ1n) is 8.93. The third kappa shape index (κ3) is 4.56. The molecule has 0 aliphatic carbocycles. The molecule has 3 aromatic rings. The Hall–Kier alpha value is -2.94. The lowest BCUT2D eigenvalue weighted by atomic mass is 10.2. The van der Waals surface area contributed by atoms with E-state index in [9.17, 15) is 13.6 Å². The molecule has 0 fully saturated rings. The molecule has 0 bridgehead atoms. The average Bonchev–Trinajstić information content (AvgIpc) is 3.13. The van der Waals surface area contributed by atoms with E-state index in [-0.39, 0.29) is 0 Å². The van der Waals surface area contributed by atoms with Gasteiger partial charge in [0.1, 0.15) is 23.1 Å². The Morgan fingerprint density at radius 1 is 1.17 bits per heavy atom. The maximum atomic E-state index is 13.8. The number of nitrogens with zero attached hydrogens (tertiary/aromatic N) is 3. The molecule has 1 aromatic heterocycles. The molecule has 1 N–H and O–H groups in total. The third-order valence-corrected chi connectivity index (χ3v) is 5.32. The first kappa shape index (κ1) is 20.8. The number of halogens is 2. The van der Waals surface area contributed by atoms with E-state index in [4.69, 9.17) is 4.74 Å². The van der Waals surface area contributed by atoms with Gasteiger partial charge in [-0.3, -0.25) is 4.79 Å². The summed E-state index contributed by atoms with van der Waals surface area (Å²) in [5.41, 5.74) is 0.401. The van der Waals surface area contributed by atoms with Crippen LogP contribution in [0.5, 0.6) is 5.75 Å². The molecule has 29 heavy (non-hydrogen) atoms. The number of amides is 1. The standard InChI is InChI=1S/C20H20F2N4O2S/c1-4-26-18(13-8-10-14(28-3)11-9-13)24-25-20(26)29-12(2)19(27)23-17-15(21)6-5-7-16(17)22/h5-12H,4H2,1-3H3,(H,23,27)/t12-/m1/s1. The summed E-state index contributed by atoms with van der Waals surface area (Å²) in [6, 6.07) is 10.8. The second-order valence-electron chi connectivity index (χ2n) is 6.12. The number of ether oxygens (including phenoxy) is 1. The summed E-state index contributed by atoms with van der Waals surface area (Å²) in [5, 5.41) is 10.6. The maximum Gasteiger partial charge on any atom is 0.237 e. The summed E-state index contributed by atoms with van der Waals surface area (Å²) in [6.07, 6.45) is 0. The van der Waals surface area contributed by atoms with Crippen molar-refractivity contribution in [2.45, 2.75) is 30.8 Å². The molecule has 0 aliphatic rings. The number of hydrogen-bond donors (Lipinski definition) is 1.